The molecule has 1 aromatic carbocycles. The van der Waals surface area contributed by atoms with Gasteiger partial charge in [-0.1, -0.05) is 11.6 Å². The summed E-state index contributed by atoms with van der Waals surface area (Å²) in [4.78, 5) is 3.18. The van der Waals surface area contributed by atoms with Crippen LogP contribution in [0.2, 0.25) is 5.02 Å². The van der Waals surface area contributed by atoms with Crippen molar-refractivity contribution in [3.05, 3.63) is 23.0 Å². The van der Waals surface area contributed by atoms with Crippen molar-refractivity contribution in [1.82, 2.24) is 4.72 Å². The number of nitrogens with zero attached hydrogens (tertiary/aromatic N) is 1. The summed E-state index contributed by atoms with van der Waals surface area (Å²) >= 11 is 7.54. The molecule has 15 heavy (non-hydrogen) atoms. The molecule has 0 radical (unpaired) electrons. The fraction of sp³-hybridized carbons (Fsp3) is 0.400. The lowest BCUT2D eigenvalue weighted by Gasteiger charge is -2.32. The Morgan fingerprint density at radius 2 is 2.27 bits per heavy atom. The van der Waals surface area contributed by atoms with Gasteiger partial charge in [0.2, 0.25) is 0 Å². The van der Waals surface area contributed by atoms with Crippen LogP contribution in [0, 0.1) is 5.82 Å². The normalized spacial score (nSPS) is 20.3. The van der Waals surface area contributed by atoms with Crippen LogP contribution in [0.3, 0.4) is 0 Å². The molecule has 1 aliphatic heterocycles. The maximum Gasteiger partial charge on any atom is 0.143 e. The van der Waals surface area contributed by atoms with Gasteiger partial charge in [-0.25, -0.2) is 9.11 Å². The van der Waals surface area contributed by atoms with Gasteiger partial charge in [0.05, 0.1) is 12.4 Å². The molecule has 2 aliphatic rings. The number of hydrogen-bond donors (Lipinski definition) is 1. The third-order valence-corrected chi connectivity index (χ3v) is 3.91. The highest BCUT2D eigenvalue weighted by atomic mass is 35.5. The molecule has 1 saturated carbocycles. The van der Waals surface area contributed by atoms with Crippen LogP contribution < -0.4 is 9.62 Å². The number of hydrogen-bond acceptors (Lipinski definition) is 3. The fourth-order valence-electron chi connectivity index (χ4n) is 1.83. The molecule has 1 aromatic rings. The van der Waals surface area contributed by atoms with E-state index in [4.69, 9.17) is 11.6 Å². The summed E-state index contributed by atoms with van der Waals surface area (Å²) < 4.78 is 16.6. The van der Waals surface area contributed by atoms with Crippen molar-refractivity contribution in [1.29, 1.82) is 0 Å². The minimum absolute atomic E-state index is 0.258. The van der Waals surface area contributed by atoms with E-state index in [1.807, 2.05) is 0 Å². The highest BCUT2D eigenvalue weighted by Crippen LogP contribution is 2.44. The molecular weight excluding hydrogens is 235 g/mol. The van der Waals surface area contributed by atoms with Crippen LogP contribution in [0.1, 0.15) is 12.8 Å². The largest absolute Gasteiger partial charge is 0.353 e. The van der Waals surface area contributed by atoms with E-state index in [0.717, 1.165) is 17.3 Å². The van der Waals surface area contributed by atoms with Gasteiger partial charge in [0.15, 0.2) is 0 Å². The zero-order valence-corrected chi connectivity index (χ0v) is 9.54. The molecule has 0 saturated heterocycles. The minimum atomic E-state index is -0.330. The highest BCUT2D eigenvalue weighted by Gasteiger charge is 2.34. The zero-order valence-electron chi connectivity index (χ0n) is 7.96. The minimum Gasteiger partial charge on any atom is -0.353 e. The molecule has 0 bridgehead atoms. The molecule has 80 valence electrons. The standard InChI is InChI=1S/C10H10ClFN2S/c11-9-7(12)3-4-8-10(9)14(5-13-15-8)6-1-2-6/h3-4,6,13H,1-2,5H2. The van der Waals surface area contributed by atoms with Gasteiger partial charge in [-0.05, 0) is 36.9 Å². The molecule has 1 heterocycles. The number of anilines is 1. The predicted molar refractivity (Wildman–Crippen MR) is 60.8 cm³/mol. The number of rotatable bonds is 1. The summed E-state index contributed by atoms with van der Waals surface area (Å²) in [5.74, 6) is -0.330. The Balaban J connectivity index is 2.10. The Labute approximate surface area is 96.9 Å². The second kappa shape index (κ2) is 3.54. The summed E-state index contributed by atoms with van der Waals surface area (Å²) in [6.07, 6.45) is 2.36. The Hall–Kier alpha value is -0.450. The molecule has 0 spiro atoms. The Kier molecular flexibility index (Phi) is 2.30. The van der Waals surface area contributed by atoms with Gasteiger partial charge in [-0.2, -0.15) is 0 Å². The quantitative estimate of drug-likeness (QED) is 0.765. The second-order valence-corrected chi connectivity index (χ2v) is 5.12. The van der Waals surface area contributed by atoms with Gasteiger partial charge in [0, 0.05) is 10.9 Å². The maximum atomic E-state index is 13.4. The van der Waals surface area contributed by atoms with Crippen molar-refractivity contribution < 1.29 is 4.39 Å². The molecular formula is C10H10ClFN2S. The first kappa shape index (κ1) is 9.75. The third-order valence-electron chi connectivity index (χ3n) is 2.72. The molecule has 1 aliphatic carbocycles. The van der Waals surface area contributed by atoms with Crippen LogP contribution >= 0.6 is 23.5 Å². The second-order valence-electron chi connectivity index (χ2n) is 3.81. The lowest BCUT2D eigenvalue weighted by molar-refractivity contribution is 0.623. The van der Waals surface area contributed by atoms with Gasteiger partial charge >= 0.3 is 0 Å². The summed E-state index contributed by atoms with van der Waals surface area (Å²) in [5.41, 5.74) is 0.864. The number of benzene rings is 1. The first-order valence-electron chi connectivity index (χ1n) is 4.91. The van der Waals surface area contributed by atoms with E-state index >= 15 is 0 Å². The molecule has 1 N–H and O–H groups in total. The number of nitrogens with one attached hydrogen (secondary N) is 1. The molecule has 3 rings (SSSR count). The Morgan fingerprint density at radius 1 is 1.47 bits per heavy atom. The highest BCUT2D eigenvalue weighted by molar-refractivity contribution is 7.97. The van der Waals surface area contributed by atoms with E-state index in [0.29, 0.717) is 6.04 Å². The van der Waals surface area contributed by atoms with Crippen molar-refractivity contribution in [3.8, 4) is 0 Å². The van der Waals surface area contributed by atoms with Crippen molar-refractivity contribution >= 4 is 29.2 Å². The number of fused-ring (bicyclic) bond motifs is 1. The molecule has 2 nitrogen and oxygen atoms in total. The van der Waals surface area contributed by atoms with Crippen LogP contribution in [0.4, 0.5) is 10.1 Å². The third kappa shape index (κ3) is 1.61. The average Bonchev–Trinajstić information content (AvgIpc) is 3.06. The lowest BCUT2D eigenvalue weighted by Crippen LogP contribution is -2.36. The van der Waals surface area contributed by atoms with Crippen molar-refractivity contribution in [2.45, 2.75) is 23.8 Å². The molecule has 1 fully saturated rings. The summed E-state index contributed by atoms with van der Waals surface area (Å²) in [6.45, 7) is 0.742. The van der Waals surface area contributed by atoms with Crippen molar-refractivity contribution in [2.24, 2.45) is 0 Å². The molecule has 0 amide bonds. The van der Waals surface area contributed by atoms with Gasteiger partial charge in [0.1, 0.15) is 10.8 Å². The molecule has 5 heteroatoms. The van der Waals surface area contributed by atoms with E-state index in [9.17, 15) is 4.39 Å². The van der Waals surface area contributed by atoms with Crippen LogP contribution in [0.15, 0.2) is 17.0 Å². The van der Waals surface area contributed by atoms with E-state index in [-0.39, 0.29) is 10.8 Å². The molecule has 0 aromatic heterocycles. The van der Waals surface area contributed by atoms with Crippen LogP contribution in [-0.4, -0.2) is 12.7 Å². The van der Waals surface area contributed by atoms with E-state index in [2.05, 4.69) is 9.62 Å². The van der Waals surface area contributed by atoms with Crippen LogP contribution in [-0.2, 0) is 0 Å². The SMILES string of the molecule is Fc1ccc2c(c1Cl)N(C1CC1)CNS2. The first-order valence-corrected chi connectivity index (χ1v) is 6.11. The first-order chi connectivity index (χ1) is 7.27. The van der Waals surface area contributed by atoms with Crippen molar-refractivity contribution in [2.75, 3.05) is 11.6 Å². The Bertz CT molecular complexity index is 409. The topological polar surface area (TPSA) is 15.3 Å². The summed E-state index contributed by atoms with van der Waals surface area (Å²) in [5, 5.41) is 0.258. The van der Waals surface area contributed by atoms with Crippen LogP contribution in [0.5, 0.6) is 0 Å². The van der Waals surface area contributed by atoms with Crippen molar-refractivity contribution in [3.63, 3.8) is 0 Å². The van der Waals surface area contributed by atoms with Gasteiger partial charge in [0.25, 0.3) is 0 Å². The van der Waals surface area contributed by atoms with E-state index in [1.165, 1.54) is 30.9 Å². The smallest absolute Gasteiger partial charge is 0.143 e. The monoisotopic (exact) mass is 244 g/mol. The lowest BCUT2D eigenvalue weighted by atomic mass is 10.2. The molecule has 0 atom stereocenters. The summed E-state index contributed by atoms with van der Waals surface area (Å²) in [6, 6.07) is 3.74. The average molecular weight is 245 g/mol. The van der Waals surface area contributed by atoms with Gasteiger partial charge < -0.3 is 4.90 Å². The molecule has 0 unspecified atom stereocenters. The maximum absolute atomic E-state index is 13.4. The van der Waals surface area contributed by atoms with E-state index in [1.54, 1.807) is 6.07 Å². The zero-order chi connectivity index (χ0) is 10.4. The predicted octanol–water partition coefficient (Wildman–Crippen LogP) is 3.02. The van der Waals surface area contributed by atoms with E-state index < -0.39 is 0 Å². The van der Waals surface area contributed by atoms with Crippen LogP contribution in [0.25, 0.3) is 0 Å². The Morgan fingerprint density at radius 3 is 3.00 bits per heavy atom. The summed E-state index contributed by atoms with van der Waals surface area (Å²) in [7, 11) is 0. The van der Waals surface area contributed by atoms with Gasteiger partial charge in [-0.15, -0.1) is 0 Å². The fourth-order valence-corrected chi connectivity index (χ4v) is 2.97. The number of halogens is 2. The van der Waals surface area contributed by atoms with Gasteiger partial charge in [-0.3, -0.25) is 0 Å².